The number of carbonyl (C=O) groups is 1. The highest BCUT2D eigenvalue weighted by Gasteiger charge is 2.33. The molecule has 1 aliphatic heterocycles. The summed E-state index contributed by atoms with van der Waals surface area (Å²) in [5.41, 5.74) is 0.586. The molecule has 1 N–H and O–H groups in total. The first-order chi connectivity index (χ1) is 10.6. The van der Waals surface area contributed by atoms with E-state index in [4.69, 9.17) is 0 Å². The van der Waals surface area contributed by atoms with Crippen LogP contribution in [0.4, 0.5) is 0 Å². The van der Waals surface area contributed by atoms with Gasteiger partial charge in [-0.3, -0.25) is 4.79 Å². The number of likely N-dealkylation sites (tertiary alicyclic amines) is 1. The molecule has 2 fully saturated rings. The van der Waals surface area contributed by atoms with E-state index in [1.807, 2.05) is 4.90 Å². The Morgan fingerprint density at radius 1 is 1.32 bits per heavy atom. The monoisotopic (exact) mass is 306 g/mol. The molecule has 2 heterocycles. The highest BCUT2D eigenvalue weighted by molar-refractivity contribution is 5.77. The number of rotatable bonds is 4. The third-order valence-electron chi connectivity index (χ3n) is 4.98. The molecule has 0 bridgehead atoms. The van der Waals surface area contributed by atoms with Gasteiger partial charge in [0.05, 0.1) is 18.3 Å². The smallest absolute Gasteiger partial charge is 0.222 e. The van der Waals surface area contributed by atoms with Crippen molar-refractivity contribution in [2.75, 3.05) is 13.1 Å². The summed E-state index contributed by atoms with van der Waals surface area (Å²) in [5.74, 6) is 0.876. The molecule has 1 unspecified atom stereocenters. The Hall–Kier alpha value is -1.43. The van der Waals surface area contributed by atoms with E-state index in [1.165, 1.54) is 38.5 Å². The number of hydrogen-bond donors (Lipinski definition) is 1. The van der Waals surface area contributed by atoms with E-state index < -0.39 is 6.10 Å². The van der Waals surface area contributed by atoms with Crippen molar-refractivity contribution in [3.05, 3.63) is 11.9 Å². The zero-order chi connectivity index (χ0) is 15.5. The largest absolute Gasteiger partial charge is 0.387 e. The van der Waals surface area contributed by atoms with Gasteiger partial charge in [0.15, 0.2) is 0 Å². The molecule has 1 saturated carbocycles. The molecule has 6 heteroatoms. The molecule has 1 atom stereocenters. The Bertz CT molecular complexity index is 500. The van der Waals surface area contributed by atoms with Crippen LogP contribution in [-0.4, -0.2) is 44.0 Å². The van der Waals surface area contributed by atoms with E-state index in [-0.39, 0.29) is 6.04 Å². The minimum atomic E-state index is -0.596. The third kappa shape index (κ3) is 3.48. The molecule has 22 heavy (non-hydrogen) atoms. The number of aromatic nitrogens is 3. The molecule has 0 aromatic carbocycles. The van der Waals surface area contributed by atoms with Gasteiger partial charge in [0.25, 0.3) is 0 Å². The van der Waals surface area contributed by atoms with E-state index in [1.54, 1.807) is 17.8 Å². The highest BCUT2D eigenvalue weighted by atomic mass is 16.3. The van der Waals surface area contributed by atoms with Gasteiger partial charge in [-0.25, -0.2) is 4.68 Å². The standard InChI is InChI=1S/C16H26N4O2/c1-12(21)15-11-20(18-17-15)14-9-19(10-14)16(22)8-13-6-4-2-3-5-7-13/h11-14,21H,2-10H2,1H3. The summed E-state index contributed by atoms with van der Waals surface area (Å²) in [6.07, 6.45) is 9.53. The molecule has 6 nitrogen and oxygen atoms in total. The van der Waals surface area contributed by atoms with Gasteiger partial charge in [0.2, 0.25) is 5.91 Å². The summed E-state index contributed by atoms with van der Waals surface area (Å²) in [4.78, 5) is 14.3. The molecule has 3 rings (SSSR count). The number of carbonyl (C=O) groups excluding carboxylic acids is 1. The topological polar surface area (TPSA) is 71.2 Å². The van der Waals surface area contributed by atoms with Crippen molar-refractivity contribution in [2.24, 2.45) is 5.92 Å². The maximum atomic E-state index is 12.3. The van der Waals surface area contributed by atoms with E-state index >= 15 is 0 Å². The van der Waals surface area contributed by atoms with Crippen molar-refractivity contribution in [1.29, 1.82) is 0 Å². The van der Waals surface area contributed by atoms with Crippen LogP contribution in [-0.2, 0) is 4.79 Å². The lowest BCUT2D eigenvalue weighted by atomic mass is 9.95. The molecule has 1 aliphatic carbocycles. The van der Waals surface area contributed by atoms with Gasteiger partial charge in [0, 0.05) is 19.5 Å². The molecule has 1 saturated heterocycles. The van der Waals surface area contributed by atoms with Crippen LogP contribution in [0.1, 0.15) is 69.7 Å². The summed E-state index contributed by atoms with van der Waals surface area (Å²) in [5, 5.41) is 17.5. The maximum Gasteiger partial charge on any atom is 0.222 e. The SMILES string of the molecule is CC(O)c1cn(C2CN(C(=O)CC3CCCCCC3)C2)nn1. The molecule has 2 aliphatic rings. The van der Waals surface area contributed by atoms with Crippen LogP contribution in [0.5, 0.6) is 0 Å². The average Bonchev–Trinajstić information content (AvgIpc) is 2.76. The predicted octanol–water partition coefficient (Wildman–Crippen LogP) is 2.08. The fraction of sp³-hybridized carbons (Fsp3) is 0.812. The van der Waals surface area contributed by atoms with Crippen molar-refractivity contribution >= 4 is 5.91 Å². The molecule has 1 amide bonds. The van der Waals surface area contributed by atoms with Gasteiger partial charge in [-0.2, -0.15) is 0 Å². The van der Waals surface area contributed by atoms with E-state index in [0.717, 1.165) is 0 Å². The Kier molecular flexibility index (Phi) is 4.76. The first-order valence-electron chi connectivity index (χ1n) is 8.51. The van der Waals surface area contributed by atoms with Gasteiger partial charge in [0.1, 0.15) is 5.69 Å². The number of nitrogens with zero attached hydrogens (tertiary/aromatic N) is 4. The summed E-state index contributed by atoms with van der Waals surface area (Å²) >= 11 is 0. The molecule has 1 aromatic heterocycles. The van der Waals surface area contributed by atoms with Gasteiger partial charge in [-0.15, -0.1) is 5.10 Å². The second-order valence-corrected chi connectivity index (χ2v) is 6.81. The molecular formula is C16H26N4O2. The predicted molar refractivity (Wildman–Crippen MR) is 82.1 cm³/mol. The molecular weight excluding hydrogens is 280 g/mol. The number of hydrogen-bond acceptors (Lipinski definition) is 4. The summed E-state index contributed by atoms with van der Waals surface area (Å²) in [6, 6.07) is 0.207. The van der Waals surface area contributed by atoms with Gasteiger partial charge in [-0.05, 0) is 25.7 Å². The van der Waals surface area contributed by atoms with Crippen LogP contribution in [0.3, 0.4) is 0 Å². The minimum Gasteiger partial charge on any atom is -0.387 e. The van der Waals surface area contributed by atoms with Crippen LogP contribution in [0.15, 0.2) is 6.20 Å². The van der Waals surface area contributed by atoms with Crippen molar-refractivity contribution < 1.29 is 9.90 Å². The van der Waals surface area contributed by atoms with Crippen molar-refractivity contribution in [2.45, 2.75) is 64.0 Å². The van der Waals surface area contributed by atoms with Crippen molar-refractivity contribution in [3.63, 3.8) is 0 Å². The lowest BCUT2D eigenvalue weighted by Gasteiger charge is -2.39. The fourth-order valence-corrected chi connectivity index (χ4v) is 3.43. The van der Waals surface area contributed by atoms with E-state index in [9.17, 15) is 9.90 Å². The molecule has 0 spiro atoms. The zero-order valence-electron chi connectivity index (χ0n) is 13.3. The zero-order valence-corrected chi connectivity index (χ0v) is 13.3. The minimum absolute atomic E-state index is 0.207. The van der Waals surface area contributed by atoms with Gasteiger partial charge in [-0.1, -0.05) is 30.9 Å². The van der Waals surface area contributed by atoms with Crippen LogP contribution in [0.25, 0.3) is 0 Å². The first kappa shape index (κ1) is 15.5. The fourth-order valence-electron chi connectivity index (χ4n) is 3.43. The van der Waals surface area contributed by atoms with Crippen LogP contribution in [0, 0.1) is 5.92 Å². The second-order valence-electron chi connectivity index (χ2n) is 6.81. The number of aliphatic hydroxyl groups excluding tert-OH is 1. The number of amides is 1. The maximum absolute atomic E-state index is 12.3. The Morgan fingerprint density at radius 2 is 2.00 bits per heavy atom. The van der Waals surface area contributed by atoms with Gasteiger partial charge < -0.3 is 10.0 Å². The van der Waals surface area contributed by atoms with Crippen LogP contribution < -0.4 is 0 Å². The summed E-state index contributed by atoms with van der Waals surface area (Å²) < 4.78 is 1.78. The van der Waals surface area contributed by atoms with Crippen LogP contribution in [0.2, 0.25) is 0 Å². The number of aliphatic hydroxyl groups is 1. The highest BCUT2D eigenvalue weighted by Crippen LogP contribution is 2.28. The average molecular weight is 306 g/mol. The lowest BCUT2D eigenvalue weighted by Crippen LogP contribution is -2.51. The van der Waals surface area contributed by atoms with Gasteiger partial charge >= 0.3 is 0 Å². The van der Waals surface area contributed by atoms with Crippen LogP contribution >= 0.6 is 0 Å². The molecule has 122 valence electrons. The Morgan fingerprint density at radius 3 is 2.59 bits per heavy atom. The molecule has 0 radical (unpaired) electrons. The molecule has 1 aromatic rings. The normalized spacial score (nSPS) is 22.2. The first-order valence-corrected chi connectivity index (χ1v) is 8.51. The summed E-state index contributed by atoms with van der Waals surface area (Å²) in [7, 11) is 0. The Balaban J connectivity index is 1.46. The Labute approximate surface area is 131 Å². The lowest BCUT2D eigenvalue weighted by molar-refractivity contribution is -0.138. The van der Waals surface area contributed by atoms with E-state index in [2.05, 4.69) is 10.3 Å². The second kappa shape index (κ2) is 6.77. The van der Waals surface area contributed by atoms with Crippen molar-refractivity contribution in [3.8, 4) is 0 Å². The third-order valence-corrected chi connectivity index (χ3v) is 4.98. The quantitative estimate of drug-likeness (QED) is 0.865. The van der Waals surface area contributed by atoms with Crippen molar-refractivity contribution in [1.82, 2.24) is 19.9 Å². The van der Waals surface area contributed by atoms with E-state index in [0.29, 0.717) is 37.0 Å². The summed E-state index contributed by atoms with van der Waals surface area (Å²) in [6.45, 7) is 3.11.